The molecule has 0 spiro atoms. The smallest absolute Gasteiger partial charge is 0.279 e. The molecule has 0 aliphatic carbocycles. The van der Waals surface area contributed by atoms with Crippen molar-refractivity contribution in [2.45, 2.75) is 13.8 Å². The average Bonchev–Trinajstić information content (AvgIpc) is 3.27. The molecule has 3 aromatic heterocycles. The van der Waals surface area contributed by atoms with Crippen molar-refractivity contribution < 1.29 is 4.74 Å². The lowest BCUT2D eigenvalue weighted by atomic mass is 10.1. The fourth-order valence-corrected chi connectivity index (χ4v) is 3.35. The number of aromatic nitrogens is 4. The van der Waals surface area contributed by atoms with Crippen LogP contribution >= 0.6 is 0 Å². The van der Waals surface area contributed by atoms with E-state index in [1.165, 1.54) is 0 Å². The third kappa shape index (κ3) is 2.50. The van der Waals surface area contributed by atoms with E-state index >= 15 is 0 Å². The first kappa shape index (κ1) is 16.2. The molecule has 0 saturated carbocycles. The number of H-pyrrole nitrogens is 1. The Morgan fingerprint density at radius 2 is 2.12 bits per heavy atom. The lowest BCUT2D eigenvalue weighted by molar-refractivity contribution is 0.340. The Bertz CT molecular complexity index is 1140. The number of aromatic amines is 1. The number of nitrogens with zero attached hydrogens (tertiary/aromatic N) is 3. The number of nitrogens with one attached hydrogen (secondary N) is 1. The molecule has 3 heterocycles. The van der Waals surface area contributed by atoms with E-state index in [4.69, 9.17) is 4.74 Å². The lowest BCUT2D eigenvalue weighted by Gasteiger charge is -2.14. The van der Waals surface area contributed by atoms with E-state index in [1.54, 1.807) is 10.8 Å². The highest BCUT2D eigenvalue weighted by Crippen LogP contribution is 2.28. The van der Waals surface area contributed by atoms with E-state index < -0.39 is 0 Å². The Morgan fingerprint density at radius 3 is 2.81 bits per heavy atom. The zero-order valence-electron chi connectivity index (χ0n) is 15.0. The number of hydrogen-bond donors (Lipinski definition) is 1. The lowest BCUT2D eigenvalue weighted by Crippen LogP contribution is -2.20. The van der Waals surface area contributed by atoms with Gasteiger partial charge in [-0.3, -0.25) is 14.5 Å². The Morgan fingerprint density at radius 1 is 1.27 bits per heavy atom. The summed E-state index contributed by atoms with van der Waals surface area (Å²) in [6.07, 6.45) is 7.40. The molecular weight excluding hydrogens is 328 g/mol. The Kier molecular flexibility index (Phi) is 3.88. The van der Waals surface area contributed by atoms with Crippen molar-refractivity contribution in [1.82, 2.24) is 19.3 Å². The van der Waals surface area contributed by atoms with E-state index in [-0.39, 0.29) is 5.56 Å². The molecule has 1 aromatic carbocycles. The Labute approximate surface area is 150 Å². The number of benzene rings is 1. The van der Waals surface area contributed by atoms with Crippen molar-refractivity contribution in [1.29, 1.82) is 0 Å². The van der Waals surface area contributed by atoms with Crippen LogP contribution in [0.15, 0.2) is 53.8 Å². The molecule has 0 amide bonds. The molecule has 6 heteroatoms. The quantitative estimate of drug-likeness (QED) is 0.614. The van der Waals surface area contributed by atoms with Gasteiger partial charge in [-0.2, -0.15) is 5.10 Å². The number of pyridine rings is 1. The SMILES string of the molecule is CCOc1ccc(-n2cc(-c3cn[nH]c3)c3ccn(C)c3c2=O)c(C)c1. The van der Waals surface area contributed by atoms with Crippen molar-refractivity contribution in [3.63, 3.8) is 0 Å². The van der Waals surface area contributed by atoms with Crippen molar-refractivity contribution in [3.8, 4) is 22.6 Å². The van der Waals surface area contributed by atoms with Gasteiger partial charge in [0.15, 0.2) is 0 Å². The van der Waals surface area contributed by atoms with Crippen LogP contribution in [0, 0.1) is 6.92 Å². The van der Waals surface area contributed by atoms with E-state index in [0.29, 0.717) is 12.1 Å². The van der Waals surface area contributed by atoms with Gasteiger partial charge in [-0.15, -0.1) is 0 Å². The predicted octanol–water partition coefficient (Wildman–Crippen LogP) is 3.43. The van der Waals surface area contributed by atoms with Crippen LogP contribution in [-0.4, -0.2) is 25.9 Å². The van der Waals surface area contributed by atoms with Gasteiger partial charge >= 0.3 is 0 Å². The van der Waals surface area contributed by atoms with Crippen molar-refractivity contribution >= 4 is 10.9 Å². The normalized spacial score (nSPS) is 11.2. The molecule has 0 radical (unpaired) electrons. The molecular formula is C20H20N4O2. The summed E-state index contributed by atoms with van der Waals surface area (Å²) in [6.45, 7) is 4.55. The summed E-state index contributed by atoms with van der Waals surface area (Å²) in [6, 6.07) is 7.74. The summed E-state index contributed by atoms with van der Waals surface area (Å²) in [4.78, 5) is 13.2. The largest absolute Gasteiger partial charge is 0.494 e. The fourth-order valence-electron chi connectivity index (χ4n) is 3.35. The van der Waals surface area contributed by atoms with E-state index in [1.807, 2.05) is 68.3 Å². The Hall–Kier alpha value is -3.28. The highest BCUT2D eigenvalue weighted by molar-refractivity contribution is 5.94. The Balaban J connectivity index is 2.00. The molecule has 0 aliphatic heterocycles. The second kappa shape index (κ2) is 6.22. The average molecular weight is 348 g/mol. The van der Waals surface area contributed by atoms with Gasteiger partial charge in [0.25, 0.3) is 5.56 Å². The maximum atomic E-state index is 13.2. The number of rotatable bonds is 4. The van der Waals surface area contributed by atoms with Crippen molar-refractivity contribution in [2.24, 2.45) is 7.05 Å². The minimum absolute atomic E-state index is 0.0491. The van der Waals surface area contributed by atoms with E-state index in [9.17, 15) is 4.79 Å². The third-order valence-electron chi connectivity index (χ3n) is 4.59. The van der Waals surface area contributed by atoms with Gasteiger partial charge in [0.05, 0.1) is 18.5 Å². The van der Waals surface area contributed by atoms with E-state index in [0.717, 1.165) is 33.5 Å². The predicted molar refractivity (Wildman–Crippen MR) is 102 cm³/mol. The molecule has 26 heavy (non-hydrogen) atoms. The zero-order valence-corrected chi connectivity index (χ0v) is 15.0. The van der Waals surface area contributed by atoms with Gasteiger partial charge in [-0.25, -0.2) is 0 Å². The van der Waals surface area contributed by atoms with Crippen LogP contribution in [-0.2, 0) is 7.05 Å². The second-order valence-electron chi connectivity index (χ2n) is 6.28. The van der Waals surface area contributed by atoms with Gasteiger partial charge in [0.2, 0.25) is 0 Å². The summed E-state index contributed by atoms with van der Waals surface area (Å²) in [7, 11) is 1.89. The molecule has 4 aromatic rings. The number of fused-ring (bicyclic) bond motifs is 1. The zero-order chi connectivity index (χ0) is 18.3. The van der Waals surface area contributed by atoms with Crippen LogP contribution in [0.3, 0.4) is 0 Å². The molecule has 0 bridgehead atoms. The number of ether oxygens (including phenoxy) is 1. The first-order valence-electron chi connectivity index (χ1n) is 8.54. The van der Waals surface area contributed by atoms with Gasteiger partial charge in [-0.05, 0) is 43.7 Å². The maximum absolute atomic E-state index is 13.2. The summed E-state index contributed by atoms with van der Waals surface area (Å²) in [5, 5.41) is 7.81. The monoisotopic (exact) mass is 348 g/mol. The summed E-state index contributed by atoms with van der Waals surface area (Å²) in [5.74, 6) is 0.803. The molecule has 0 fully saturated rings. The first-order valence-corrected chi connectivity index (χ1v) is 8.54. The summed E-state index contributed by atoms with van der Waals surface area (Å²) < 4.78 is 9.13. The molecule has 0 atom stereocenters. The highest BCUT2D eigenvalue weighted by Gasteiger charge is 2.16. The van der Waals surface area contributed by atoms with Crippen LogP contribution in [0.2, 0.25) is 0 Å². The van der Waals surface area contributed by atoms with Crippen LogP contribution in [0.1, 0.15) is 12.5 Å². The highest BCUT2D eigenvalue weighted by atomic mass is 16.5. The minimum atomic E-state index is -0.0491. The van der Waals surface area contributed by atoms with Gasteiger partial charge in [0.1, 0.15) is 11.3 Å². The fraction of sp³-hybridized carbons (Fsp3) is 0.200. The van der Waals surface area contributed by atoms with Gasteiger partial charge in [-0.1, -0.05) is 0 Å². The summed E-state index contributed by atoms with van der Waals surface area (Å²) in [5.41, 5.74) is 4.33. The molecule has 6 nitrogen and oxygen atoms in total. The molecule has 4 rings (SSSR count). The maximum Gasteiger partial charge on any atom is 0.279 e. The van der Waals surface area contributed by atoms with Crippen molar-refractivity contribution in [2.75, 3.05) is 6.61 Å². The molecule has 0 unspecified atom stereocenters. The number of hydrogen-bond acceptors (Lipinski definition) is 3. The third-order valence-corrected chi connectivity index (χ3v) is 4.59. The van der Waals surface area contributed by atoms with Gasteiger partial charge in [0, 0.05) is 42.2 Å². The second-order valence-corrected chi connectivity index (χ2v) is 6.28. The van der Waals surface area contributed by atoms with Crippen LogP contribution in [0.25, 0.3) is 27.7 Å². The van der Waals surface area contributed by atoms with Crippen LogP contribution in [0.4, 0.5) is 0 Å². The number of aryl methyl sites for hydroxylation is 2. The van der Waals surface area contributed by atoms with Gasteiger partial charge < -0.3 is 9.30 Å². The topological polar surface area (TPSA) is 64.8 Å². The van der Waals surface area contributed by atoms with E-state index in [2.05, 4.69) is 10.2 Å². The molecule has 0 saturated heterocycles. The van der Waals surface area contributed by atoms with Crippen molar-refractivity contribution in [3.05, 3.63) is 65.0 Å². The standard InChI is InChI=1S/C20H20N4O2/c1-4-26-15-5-6-18(13(2)9-15)24-12-17(14-10-21-22-11-14)16-7-8-23(3)19(16)20(24)25/h5-12H,4H2,1-3H3,(H,21,22). The summed E-state index contributed by atoms with van der Waals surface area (Å²) >= 11 is 0. The first-order chi connectivity index (χ1) is 12.6. The van der Waals surface area contributed by atoms with Crippen LogP contribution in [0.5, 0.6) is 5.75 Å². The minimum Gasteiger partial charge on any atom is -0.494 e. The molecule has 132 valence electrons. The molecule has 0 aliphatic rings. The van der Waals surface area contributed by atoms with Crippen LogP contribution < -0.4 is 10.3 Å². The molecule has 1 N–H and O–H groups in total.